The van der Waals surface area contributed by atoms with Crippen molar-refractivity contribution in [3.8, 4) is 5.75 Å². The summed E-state index contributed by atoms with van der Waals surface area (Å²) in [6.45, 7) is 3.22. The lowest BCUT2D eigenvalue weighted by molar-refractivity contribution is -0.132. The lowest BCUT2D eigenvalue weighted by Gasteiger charge is -2.27. The van der Waals surface area contributed by atoms with E-state index in [2.05, 4.69) is 15.9 Å². The number of carbonyl (C=O) groups is 1. The molecule has 1 aromatic carbocycles. The molecule has 0 N–H and O–H groups in total. The molecule has 1 aliphatic carbocycles. The van der Waals surface area contributed by atoms with Crippen molar-refractivity contribution >= 4 is 5.91 Å². The van der Waals surface area contributed by atoms with Crippen molar-refractivity contribution in [2.45, 2.75) is 51.1 Å². The summed E-state index contributed by atoms with van der Waals surface area (Å²) >= 11 is 0. The Balaban J connectivity index is 1.63. The predicted molar refractivity (Wildman–Crippen MR) is 91.5 cm³/mol. The quantitative estimate of drug-likeness (QED) is 0.808. The summed E-state index contributed by atoms with van der Waals surface area (Å²) in [5.74, 6) is 1.22. The molecule has 0 unspecified atom stereocenters. The van der Waals surface area contributed by atoms with Crippen LogP contribution in [0.25, 0.3) is 0 Å². The van der Waals surface area contributed by atoms with Crippen LogP contribution < -0.4 is 4.74 Å². The van der Waals surface area contributed by atoms with Gasteiger partial charge in [-0.25, -0.2) is 0 Å². The molecule has 1 heterocycles. The van der Waals surface area contributed by atoms with E-state index in [1.807, 2.05) is 18.2 Å². The number of methoxy groups -OCH3 is 1. The van der Waals surface area contributed by atoms with Crippen LogP contribution in [-0.4, -0.2) is 48.5 Å². The van der Waals surface area contributed by atoms with Gasteiger partial charge in [0.1, 0.15) is 5.75 Å². The molecule has 0 spiro atoms. The van der Waals surface area contributed by atoms with Crippen LogP contribution in [-0.2, 0) is 11.3 Å². The van der Waals surface area contributed by atoms with Crippen molar-refractivity contribution in [3.05, 3.63) is 29.8 Å². The molecule has 0 aromatic heterocycles. The number of para-hydroxylation sites is 1. The van der Waals surface area contributed by atoms with Gasteiger partial charge in [0.15, 0.2) is 0 Å². The molecule has 1 aromatic rings. The SMILES string of the molecule is COc1ccccc1CN(CC(=O)N1CCCCCC1)C1CC1. The third-order valence-electron chi connectivity index (χ3n) is 4.93. The van der Waals surface area contributed by atoms with E-state index in [-0.39, 0.29) is 0 Å². The van der Waals surface area contributed by atoms with E-state index in [0.717, 1.165) is 38.2 Å². The van der Waals surface area contributed by atoms with Crippen LogP contribution in [0.3, 0.4) is 0 Å². The van der Waals surface area contributed by atoms with E-state index in [0.29, 0.717) is 18.5 Å². The lowest BCUT2D eigenvalue weighted by atomic mass is 10.2. The molecule has 3 rings (SSSR count). The van der Waals surface area contributed by atoms with E-state index in [1.54, 1.807) is 7.11 Å². The molecule has 1 saturated heterocycles. The number of likely N-dealkylation sites (tertiary alicyclic amines) is 1. The number of nitrogens with zero attached hydrogens (tertiary/aromatic N) is 2. The zero-order valence-corrected chi connectivity index (χ0v) is 14.2. The van der Waals surface area contributed by atoms with Crippen molar-refractivity contribution < 1.29 is 9.53 Å². The Morgan fingerprint density at radius 3 is 2.52 bits per heavy atom. The minimum absolute atomic E-state index is 0.300. The number of amides is 1. The van der Waals surface area contributed by atoms with Gasteiger partial charge in [-0.3, -0.25) is 9.69 Å². The van der Waals surface area contributed by atoms with Crippen LogP contribution in [0.4, 0.5) is 0 Å². The summed E-state index contributed by atoms with van der Waals surface area (Å²) < 4.78 is 5.46. The van der Waals surface area contributed by atoms with Gasteiger partial charge in [0.2, 0.25) is 5.91 Å². The van der Waals surface area contributed by atoms with Gasteiger partial charge >= 0.3 is 0 Å². The van der Waals surface area contributed by atoms with E-state index < -0.39 is 0 Å². The maximum atomic E-state index is 12.7. The summed E-state index contributed by atoms with van der Waals surface area (Å²) in [7, 11) is 1.71. The fraction of sp³-hybridized carbons (Fsp3) is 0.632. The molecule has 1 saturated carbocycles. The summed E-state index contributed by atoms with van der Waals surface area (Å²) in [6, 6.07) is 8.70. The first-order chi connectivity index (χ1) is 11.3. The summed E-state index contributed by atoms with van der Waals surface area (Å²) in [5.41, 5.74) is 1.17. The molecular formula is C19H28N2O2. The van der Waals surface area contributed by atoms with Gasteiger partial charge in [0.05, 0.1) is 13.7 Å². The Kier molecular flexibility index (Phi) is 5.55. The first-order valence-corrected chi connectivity index (χ1v) is 8.91. The predicted octanol–water partition coefficient (Wildman–Crippen LogP) is 3.06. The Bertz CT molecular complexity index is 520. The number of ether oxygens (including phenoxy) is 1. The highest BCUT2D eigenvalue weighted by Gasteiger charge is 2.32. The van der Waals surface area contributed by atoms with Gasteiger partial charge in [-0.05, 0) is 31.7 Å². The molecule has 0 bridgehead atoms. The largest absolute Gasteiger partial charge is 0.496 e. The standard InChI is InChI=1S/C19H28N2O2/c1-23-18-9-5-4-8-16(18)14-21(17-10-11-17)15-19(22)20-12-6-2-3-7-13-20/h4-5,8-9,17H,2-3,6-7,10-15H2,1H3. The van der Waals surface area contributed by atoms with Crippen LogP contribution >= 0.6 is 0 Å². The van der Waals surface area contributed by atoms with Crippen molar-refractivity contribution in [3.63, 3.8) is 0 Å². The normalized spacial score (nSPS) is 18.8. The second-order valence-corrected chi connectivity index (χ2v) is 6.74. The molecule has 2 fully saturated rings. The second-order valence-electron chi connectivity index (χ2n) is 6.74. The summed E-state index contributed by atoms with van der Waals surface area (Å²) in [5, 5.41) is 0. The average molecular weight is 316 g/mol. The van der Waals surface area contributed by atoms with Gasteiger partial charge in [-0.1, -0.05) is 31.0 Å². The maximum absolute atomic E-state index is 12.7. The molecule has 4 heteroatoms. The van der Waals surface area contributed by atoms with Gasteiger partial charge < -0.3 is 9.64 Å². The zero-order chi connectivity index (χ0) is 16.1. The summed E-state index contributed by atoms with van der Waals surface area (Å²) in [4.78, 5) is 17.1. The van der Waals surface area contributed by atoms with Crippen LogP contribution in [0.2, 0.25) is 0 Å². The molecule has 23 heavy (non-hydrogen) atoms. The highest BCUT2D eigenvalue weighted by molar-refractivity contribution is 5.78. The van der Waals surface area contributed by atoms with E-state index in [9.17, 15) is 4.79 Å². The van der Waals surface area contributed by atoms with Gasteiger partial charge in [-0.15, -0.1) is 0 Å². The Morgan fingerprint density at radius 2 is 1.87 bits per heavy atom. The number of hydrogen-bond acceptors (Lipinski definition) is 3. The van der Waals surface area contributed by atoms with Crippen molar-refractivity contribution in [1.82, 2.24) is 9.80 Å². The minimum atomic E-state index is 0.300. The van der Waals surface area contributed by atoms with Crippen molar-refractivity contribution in [2.24, 2.45) is 0 Å². The summed E-state index contributed by atoms with van der Waals surface area (Å²) in [6.07, 6.45) is 7.25. The molecule has 2 aliphatic rings. The van der Waals surface area contributed by atoms with Gasteiger partial charge in [0.25, 0.3) is 0 Å². The third kappa shape index (κ3) is 4.47. The smallest absolute Gasteiger partial charge is 0.236 e. The minimum Gasteiger partial charge on any atom is -0.496 e. The first-order valence-electron chi connectivity index (χ1n) is 8.91. The Hall–Kier alpha value is -1.55. The molecule has 0 radical (unpaired) electrons. The second kappa shape index (κ2) is 7.82. The fourth-order valence-electron chi connectivity index (χ4n) is 3.40. The first kappa shape index (κ1) is 16.3. The molecule has 1 aliphatic heterocycles. The van der Waals surface area contributed by atoms with Gasteiger partial charge in [-0.2, -0.15) is 0 Å². The zero-order valence-electron chi connectivity index (χ0n) is 14.2. The molecular weight excluding hydrogens is 288 g/mol. The van der Waals surface area contributed by atoms with Gasteiger partial charge in [0, 0.05) is 31.2 Å². The third-order valence-corrected chi connectivity index (χ3v) is 4.93. The highest BCUT2D eigenvalue weighted by Crippen LogP contribution is 2.30. The molecule has 126 valence electrons. The number of carbonyl (C=O) groups excluding carboxylic acids is 1. The monoisotopic (exact) mass is 316 g/mol. The number of hydrogen-bond donors (Lipinski definition) is 0. The Morgan fingerprint density at radius 1 is 1.17 bits per heavy atom. The van der Waals surface area contributed by atoms with Crippen LogP contribution in [0.5, 0.6) is 5.75 Å². The lowest BCUT2D eigenvalue weighted by Crippen LogP contribution is -2.41. The van der Waals surface area contributed by atoms with E-state index >= 15 is 0 Å². The number of benzene rings is 1. The molecule has 1 amide bonds. The van der Waals surface area contributed by atoms with Crippen LogP contribution in [0.1, 0.15) is 44.1 Å². The van der Waals surface area contributed by atoms with E-state index in [1.165, 1.54) is 31.2 Å². The topological polar surface area (TPSA) is 32.8 Å². The van der Waals surface area contributed by atoms with Crippen molar-refractivity contribution in [2.75, 3.05) is 26.7 Å². The fourth-order valence-corrected chi connectivity index (χ4v) is 3.40. The van der Waals surface area contributed by atoms with Crippen LogP contribution in [0, 0.1) is 0 Å². The highest BCUT2D eigenvalue weighted by atomic mass is 16.5. The molecule has 4 nitrogen and oxygen atoms in total. The molecule has 0 atom stereocenters. The average Bonchev–Trinajstić information content (AvgIpc) is 3.41. The van der Waals surface area contributed by atoms with E-state index in [4.69, 9.17) is 4.74 Å². The van der Waals surface area contributed by atoms with Crippen LogP contribution in [0.15, 0.2) is 24.3 Å². The Labute approximate surface area is 139 Å². The van der Waals surface area contributed by atoms with Crippen molar-refractivity contribution in [1.29, 1.82) is 0 Å². The number of rotatable bonds is 6. The maximum Gasteiger partial charge on any atom is 0.236 e.